The highest BCUT2D eigenvalue weighted by Gasteiger charge is 2.57. The van der Waals surface area contributed by atoms with Crippen LogP contribution in [0, 0.1) is 21.7 Å². The Balaban J connectivity index is 0.000000223. The number of nitrogens with one attached hydrogen (secondary N) is 1. The maximum atomic E-state index is 14.1. The minimum absolute atomic E-state index is 0.00574. The van der Waals surface area contributed by atoms with E-state index in [1.807, 2.05) is 41.5 Å². The number of para-hydroxylation sites is 2. The van der Waals surface area contributed by atoms with Crippen molar-refractivity contribution in [2.75, 3.05) is 11.9 Å². The Kier molecular flexibility index (Phi) is 8.46. The van der Waals surface area contributed by atoms with Crippen LogP contribution in [0.4, 0.5) is 14.7 Å². The summed E-state index contributed by atoms with van der Waals surface area (Å²) in [7, 11) is 0. The van der Waals surface area contributed by atoms with Gasteiger partial charge in [-0.1, -0.05) is 32.9 Å². The molecule has 1 unspecified atom stereocenters. The number of benzene rings is 1. The molecule has 11 nitrogen and oxygen atoms in total. The van der Waals surface area contributed by atoms with Gasteiger partial charge in [-0.3, -0.25) is 9.88 Å². The second kappa shape index (κ2) is 11.0. The minimum atomic E-state index is -3.47. The second-order valence-electron chi connectivity index (χ2n) is 12.0. The quantitative estimate of drug-likeness (QED) is 0.330. The molecule has 0 amide bonds. The molecule has 214 valence electrons. The van der Waals surface area contributed by atoms with Crippen molar-refractivity contribution >= 4 is 17.0 Å². The molecular formula is C26H36F2N6O5. The number of alkyl halides is 2. The van der Waals surface area contributed by atoms with E-state index in [-0.39, 0.29) is 28.8 Å². The van der Waals surface area contributed by atoms with E-state index in [1.165, 1.54) is 6.20 Å². The van der Waals surface area contributed by atoms with Crippen molar-refractivity contribution in [1.29, 1.82) is 0 Å². The Labute approximate surface area is 224 Å². The average Bonchev–Trinajstić information content (AvgIpc) is 3.04. The van der Waals surface area contributed by atoms with Gasteiger partial charge in [0, 0.05) is 35.3 Å². The third kappa shape index (κ3) is 6.95. The van der Waals surface area contributed by atoms with E-state index in [2.05, 4.69) is 15.4 Å². The molecule has 1 aromatic carbocycles. The van der Waals surface area contributed by atoms with E-state index in [0.29, 0.717) is 27.2 Å². The zero-order valence-electron chi connectivity index (χ0n) is 22.9. The molecule has 1 aliphatic rings. The zero-order valence-corrected chi connectivity index (χ0v) is 22.9. The Morgan fingerprint density at radius 3 is 2.26 bits per heavy atom. The number of aliphatic hydroxyl groups is 2. The van der Waals surface area contributed by atoms with Gasteiger partial charge in [0.15, 0.2) is 5.52 Å². The molecule has 3 N–H and O–H groups in total. The number of hydrogen-bond acceptors (Lipinski definition) is 8. The minimum Gasteiger partial charge on any atom is -0.739 e. The molecule has 1 fully saturated rings. The van der Waals surface area contributed by atoms with E-state index in [1.54, 1.807) is 30.3 Å². The lowest BCUT2D eigenvalue weighted by molar-refractivity contribution is -0.672. The lowest BCUT2D eigenvalue weighted by Gasteiger charge is -2.24. The lowest BCUT2D eigenvalue weighted by Crippen LogP contribution is -2.46. The number of nitrogens with zero attached hydrogens (tertiary/aromatic N) is 5. The third-order valence-corrected chi connectivity index (χ3v) is 6.15. The number of hydrogen-bond donors (Lipinski definition) is 3. The van der Waals surface area contributed by atoms with Crippen molar-refractivity contribution in [2.45, 2.75) is 78.0 Å². The predicted molar refractivity (Wildman–Crippen MR) is 140 cm³/mol. The largest absolute Gasteiger partial charge is 0.739 e. The van der Waals surface area contributed by atoms with Crippen LogP contribution < -0.4 is 20.6 Å². The van der Waals surface area contributed by atoms with E-state index in [4.69, 9.17) is 5.11 Å². The van der Waals surface area contributed by atoms with Crippen molar-refractivity contribution in [3.05, 3.63) is 63.1 Å². The van der Waals surface area contributed by atoms with Crippen molar-refractivity contribution in [3.63, 3.8) is 0 Å². The van der Waals surface area contributed by atoms with Crippen molar-refractivity contribution < 1.29 is 28.6 Å². The van der Waals surface area contributed by atoms with Crippen LogP contribution in [0.25, 0.3) is 11.0 Å². The number of halogens is 2. The fourth-order valence-corrected chi connectivity index (χ4v) is 4.39. The molecule has 0 spiro atoms. The van der Waals surface area contributed by atoms with Crippen LogP contribution in [-0.2, 0) is 6.42 Å². The van der Waals surface area contributed by atoms with Gasteiger partial charge < -0.3 is 20.6 Å². The summed E-state index contributed by atoms with van der Waals surface area (Å²) in [6.07, 6.45) is -0.248. The standard InChI is InChI=1S/C15H22F2N2O3.C11H14N4O2/c1-14(2,3)7-10-4-5-19(13(22)18-10)11-6-9(8-20)12(21)15(11,16)17;1-11(2,3)12-10-13-15(17)9-7-5-4-6-8(9)14(10)16/h4-5,9,11-12,20-21H,6-8H2,1-3H3;4-7H,1-3H3,(H,12,13)/t9-,11?,12-;/m1./s1. The van der Waals surface area contributed by atoms with Gasteiger partial charge in [-0.15, -0.1) is 0 Å². The van der Waals surface area contributed by atoms with Crippen molar-refractivity contribution in [1.82, 2.24) is 14.6 Å². The summed E-state index contributed by atoms with van der Waals surface area (Å²) in [6.45, 7) is 11.1. The highest BCUT2D eigenvalue weighted by atomic mass is 19.3. The van der Waals surface area contributed by atoms with Gasteiger partial charge in [-0.2, -0.15) is 4.98 Å². The Morgan fingerprint density at radius 2 is 1.74 bits per heavy atom. The summed E-state index contributed by atoms with van der Waals surface area (Å²) >= 11 is 0. The van der Waals surface area contributed by atoms with Gasteiger partial charge in [0.2, 0.25) is 5.10 Å². The Bertz CT molecular complexity index is 1370. The summed E-state index contributed by atoms with van der Waals surface area (Å²) in [5.74, 6) is -4.41. The molecule has 1 aliphatic carbocycles. The molecule has 4 rings (SSSR count). The van der Waals surface area contributed by atoms with Gasteiger partial charge in [-0.25, -0.2) is 18.3 Å². The molecule has 0 saturated heterocycles. The highest BCUT2D eigenvalue weighted by Crippen LogP contribution is 2.46. The van der Waals surface area contributed by atoms with Gasteiger partial charge in [0.1, 0.15) is 12.1 Å². The summed E-state index contributed by atoms with van der Waals surface area (Å²) < 4.78 is 29.8. The molecule has 2 aromatic heterocycles. The number of aliphatic hydroxyl groups excluding tert-OH is 2. The number of aromatic nitrogens is 5. The number of fused-ring (bicyclic) bond motifs is 1. The predicted octanol–water partition coefficient (Wildman–Crippen LogP) is 2.09. The van der Waals surface area contributed by atoms with Crippen molar-refractivity contribution in [2.24, 2.45) is 11.3 Å². The molecule has 2 heterocycles. The summed E-state index contributed by atoms with van der Waals surface area (Å²) in [5.41, 5.74) is -0.0619. The summed E-state index contributed by atoms with van der Waals surface area (Å²) in [6, 6.07) is 6.62. The molecule has 3 aromatic rings. The molecule has 13 heteroatoms. The highest BCUT2D eigenvalue weighted by molar-refractivity contribution is 5.67. The van der Waals surface area contributed by atoms with Gasteiger partial charge in [0.05, 0.1) is 5.54 Å². The van der Waals surface area contributed by atoms with Gasteiger partial charge in [-0.05, 0) is 51.2 Å². The molecule has 39 heavy (non-hydrogen) atoms. The topological polar surface area (TPSA) is 154 Å². The SMILES string of the molecule is CC(C)(C)Cc1ccn(C2C[C@H](CO)[C@@H](O)C2(F)F)c(=O)n1.CC(C)(C)Nc1n[n+]([O-])c2ccccc2[n+]1[O-]. The van der Waals surface area contributed by atoms with Crippen LogP contribution in [0.3, 0.4) is 0 Å². The number of rotatable bonds is 4. The van der Waals surface area contributed by atoms with Crippen LogP contribution in [-0.4, -0.2) is 49.0 Å². The summed E-state index contributed by atoms with van der Waals surface area (Å²) in [5, 5.41) is 48.9. The molecule has 0 radical (unpaired) electrons. The third-order valence-electron chi connectivity index (χ3n) is 6.15. The van der Waals surface area contributed by atoms with Gasteiger partial charge in [0.25, 0.3) is 11.4 Å². The van der Waals surface area contributed by atoms with Crippen LogP contribution in [0.2, 0.25) is 0 Å². The van der Waals surface area contributed by atoms with E-state index >= 15 is 0 Å². The Morgan fingerprint density at radius 1 is 1.13 bits per heavy atom. The molecule has 3 atom stereocenters. The van der Waals surface area contributed by atoms with Crippen molar-refractivity contribution in [3.8, 4) is 0 Å². The fraction of sp³-hybridized carbons (Fsp3) is 0.577. The second-order valence-corrected chi connectivity index (χ2v) is 12.0. The first-order valence-electron chi connectivity index (χ1n) is 12.6. The van der Waals surface area contributed by atoms with Crippen LogP contribution in [0.15, 0.2) is 41.3 Å². The molecular weight excluding hydrogens is 514 g/mol. The first kappa shape index (κ1) is 30.1. The Hall–Kier alpha value is -3.45. The molecule has 1 saturated carbocycles. The van der Waals surface area contributed by atoms with E-state index in [9.17, 15) is 29.1 Å². The molecule has 0 aliphatic heterocycles. The van der Waals surface area contributed by atoms with Crippen LogP contribution in [0.1, 0.15) is 59.7 Å². The maximum absolute atomic E-state index is 14.1. The average molecular weight is 551 g/mol. The van der Waals surface area contributed by atoms with E-state index < -0.39 is 36.3 Å². The normalized spacial score (nSPS) is 20.9. The van der Waals surface area contributed by atoms with Crippen LogP contribution >= 0.6 is 0 Å². The van der Waals surface area contributed by atoms with Gasteiger partial charge >= 0.3 is 11.6 Å². The fourth-order valence-electron chi connectivity index (χ4n) is 4.39. The first-order chi connectivity index (χ1) is 17.9. The first-order valence-corrected chi connectivity index (χ1v) is 12.6. The zero-order chi connectivity index (χ0) is 29.3. The lowest BCUT2D eigenvalue weighted by atomic mass is 9.90. The van der Waals surface area contributed by atoms with Crippen LogP contribution in [0.5, 0.6) is 0 Å². The number of anilines is 1. The van der Waals surface area contributed by atoms with E-state index in [0.717, 1.165) is 4.57 Å². The monoisotopic (exact) mass is 550 g/mol. The summed E-state index contributed by atoms with van der Waals surface area (Å²) in [4.78, 5) is 16.4. The smallest absolute Gasteiger partial charge is 0.461 e. The molecule has 0 bridgehead atoms. The maximum Gasteiger partial charge on any atom is 0.461 e.